The minimum atomic E-state index is -0.468. The minimum absolute atomic E-state index is 0.0961. The molecule has 1 atom stereocenters. The molecule has 0 fully saturated rings. The Labute approximate surface area is 116 Å². The summed E-state index contributed by atoms with van der Waals surface area (Å²) in [5.74, 6) is 1.54. The van der Waals surface area contributed by atoms with E-state index in [1.165, 1.54) is 6.20 Å². The number of nitrogens with one attached hydrogen (secondary N) is 2. The fourth-order valence-corrected chi connectivity index (χ4v) is 2.24. The van der Waals surface area contributed by atoms with Gasteiger partial charge in [-0.15, -0.1) is 0 Å². The van der Waals surface area contributed by atoms with Crippen molar-refractivity contribution in [3.05, 3.63) is 16.3 Å². The summed E-state index contributed by atoms with van der Waals surface area (Å²) >= 11 is 1.69. The number of nitro groups is 1. The maximum Gasteiger partial charge on any atom is 0.329 e. The van der Waals surface area contributed by atoms with Crippen molar-refractivity contribution in [1.29, 1.82) is 0 Å². The molecule has 1 aromatic heterocycles. The Kier molecular flexibility index (Phi) is 6.34. The van der Waals surface area contributed by atoms with E-state index in [4.69, 9.17) is 0 Å². The van der Waals surface area contributed by atoms with Crippen LogP contribution in [0.4, 0.5) is 17.5 Å². The molecule has 8 heteroatoms. The molecule has 0 aliphatic carbocycles. The van der Waals surface area contributed by atoms with Gasteiger partial charge in [0.25, 0.3) is 0 Å². The molecule has 2 N–H and O–H groups in total. The quantitative estimate of drug-likeness (QED) is 0.559. The highest BCUT2D eigenvalue weighted by molar-refractivity contribution is 7.98. The van der Waals surface area contributed by atoms with Crippen LogP contribution in [0.3, 0.4) is 0 Å². The van der Waals surface area contributed by atoms with Gasteiger partial charge in [0.05, 0.1) is 4.92 Å². The lowest BCUT2D eigenvalue weighted by molar-refractivity contribution is -0.384. The third-order valence-corrected chi connectivity index (χ3v) is 3.24. The van der Waals surface area contributed by atoms with Crippen molar-refractivity contribution in [3.63, 3.8) is 0 Å². The van der Waals surface area contributed by atoms with Crippen LogP contribution in [0.5, 0.6) is 0 Å². The fourth-order valence-electron chi connectivity index (χ4n) is 1.51. The summed E-state index contributed by atoms with van der Waals surface area (Å²) in [7, 11) is 0. The highest BCUT2D eigenvalue weighted by atomic mass is 32.2. The maximum atomic E-state index is 11.0. The van der Waals surface area contributed by atoms with E-state index in [-0.39, 0.29) is 17.5 Å². The van der Waals surface area contributed by atoms with Crippen molar-refractivity contribution in [1.82, 2.24) is 9.97 Å². The number of hydrogen-bond donors (Lipinski definition) is 2. The molecule has 0 aliphatic heterocycles. The van der Waals surface area contributed by atoms with E-state index in [2.05, 4.69) is 20.6 Å². The van der Waals surface area contributed by atoms with E-state index >= 15 is 0 Å². The van der Waals surface area contributed by atoms with E-state index in [0.717, 1.165) is 12.2 Å². The van der Waals surface area contributed by atoms with Crippen LogP contribution < -0.4 is 10.6 Å². The van der Waals surface area contributed by atoms with Crippen molar-refractivity contribution in [2.24, 2.45) is 0 Å². The smallest absolute Gasteiger partial charge is 0.329 e. The van der Waals surface area contributed by atoms with Gasteiger partial charge in [0.1, 0.15) is 6.20 Å². The molecule has 0 spiro atoms. The van der Waals surface area contributed by atoms with Gasteiger partial charge in [0, 0.05) is 18.3 Å². The van der Waals surface area contributed by atoms with Crippen LogP contribution >= 0.6 is 11.8 Å². The van der Waals surface area contributed by atoms with Crippen molar-refractivity contribution in [2.75, 3.05) is 29.2 Å². The van der Waals surface area contributed by atoms with E-state index in [1.54, 1.807) is 11.8 Å². The molecule has 1 unspecified atom stereocenters. The van der Waals surface area contributed by atoms with Crippen LogP contribution in [0.2, 0.25) is 0 Å². The number of rotatable bonds is 8. The Morgan fingerprint density at radius 3 is 2.79 bits per heavy atom. The SMILES string of the molecule is CCNc1ncc([N+](=O)[O-])c(NC(CC)CSC)n1. The maximum absolute atomic E-state index is 11.0. The Hall–Kier alpha value is -1.57. The van der Waals surface area contributed by atoms with Crippen molar-refractivity contribution in [3.8, 4) is 0 Å². The average molecular weight is 285 g/mol. The molecule has 0 aliphatic rings. The van der Waals surface area contributed by atoms with Gasteiger partial charge in [0.15, 0.2) is 0 Å². The highest BCUT2D eigenvalue weighted by Crippen LogP contribution is 2.23. The van der Waals surface area contributed by atoms with Crippen molar-refractivity contribution in [2.45, 2.75) is 26.3 Å². The predicted octanol–water partition coefficient (Wildman–Crippen LogP) is 2.37. The number of anilines is 2. The summed E-state index contributed by atoms with van der Waals surface area (Å²) in [5.41, 5.74) is -0.0961. The van der Waals surface area contributed by atoms with Crippen LogP contribution in [-0.2, 0) is 0 Å². The van der Waals surface area contributed by atoms with Gasteiger partial charge >= 0.3 is 5.69 Å². The summed E-state index contributed by atoms with van der Waals surface area (Å²) in [6, 6.07) is 0.151. The second-order valence-electron chi connectivity index (χ2n) is 3.92. The van der Waals surface area contributed by atoms with Crippen LogP contribution in [-0.4, -0.2) is 39.5 Å². The second kappa shape index (κ2) is 7.78. The zero-order valence-electron chi connectivity index (χ0n) is 11.3. The molecule has 1 heterocycles. The third kappa shape index (κ3) is 4.55. The average Bonchev–Trinajstić information content (AvgIpc) is 2.38. The fraction of sp³-hybridized carbons (Fsp3) is 0.636. The first-order valence-corrected chi connectivity index (χ1v) is 7.52. The first-order chi connectivity index (χ1) is 9.12. The van der Waals surface area contributed by atoms with E-state index in [9.17, 15) is 10.1 Å². The van der Waals surface area contributed by atoms with Gasteiger partial charge in [-0.05, 0) is 19.6 Å². The standard InChI is InChI=1S/C11H19N5O2S/c1-4-8(7-19-3)14-10-9(16(17)18)6-13-11(15-10)12-5-2/h6,8H,4-5,7H2,1-3H3,(H2,12,13,14,15). The molecule has 106 valence electrons. The lowest BCUT2D eigenvalue weighted by Gasteiger charge is -2.16. The molecule has 0 aromatic carbocycles. The number of nitrogens with zero attached hydrogens (tertiary/aromatic N) is 3. The van der Waals surface area contributed by atoms with E-state index in [1.807, 2.05) is 20.1 Å². The van der Waals surface area contributed by atoms with Gasteiger partial charge < -0.3 is 10.6 Å². The normalized spacial score (nSPS) is 11.9. The van der Waals surface area contributed by atoms with Crippen molar-refractivity contribution >= 4 is 29.2 Å². The lowest BCUT2D eigenvalue weighted by Crippen LogP contribution is -2.23. The van der Waals surface area contributed by atoms with Gasteiger partial charge in [-0.3, -0.25) is 10.1 Å². The van der Waals surface area contributed by atoms with Gasteiger partial charge in [0.2, 0.25) is 11.8 Å². The monoisotopic (exact) mass is 285 g/mol. The zero-order valence-corrected chi connectivity index (χ0v) is 12.2. The molecule has 0 radical (unpaired) electrons. The second-order valence-corrected chi connectivity index (χ2v) is 4.83. The summed E-state index contributed by atoms with van der Waals surface area (Å²) in [4.78, 5) is 18.6. The molecule has 0 saturated carbocycles. The van der Waals surface area contributed by atoms with Crippen LogP contribution in [0.25, 0.3) is 0 Å². The molecular weight excluding hydrogens is 266 g/mol. The summed E-state index contributed by atoms with van der Waals surface area (Å²) in [6.45, 7) is 4.62. The summed E-state index contributed by atoms with van der Waals surface area (Å²) in [6.07, 6.45) is 4.11. The summed E-state index contributed by atoms with van der Waals surface area (Å²) < 4.78 is 0. The Balaban J connectivity index is 2.99. The van der Waals surface area contributed by atoms with Crippen LogP contribution in [0.15, 0.2) is 6.20 Å². The zero-order chi connectivity index (χ0) is 14.3. The molecule has 7 nitrogen and oxygen atoms in total. The Morgan fingerprint density at radius 2 is 2.26 bits per heavy atom. The molecule has 1 rings (SSSR count). The van der Waals surface area contributed by atoms with Crippen LogP contribution in [0.1, 0.15) is 20.3 Å². The molecule has 0 bridgehead atoms. The topological polar surface area (TPSA) is 93.0 Å². The minimum Gasteiger partial charge on any atom is -0.361 e. The van der Waals surface area contributed by atoms with E-state index < -0.39 is 4.92 Å². The number of aromatic nitrogens is 2. The van der Waals surface area contributed by atoms with Gasteiger partial charge in [-0.2, -0.15) is 16.7 Å². The van der Waals surface area contributed by atoms with Crippen molar-refractivity contribution < 1.29 is 4.92 Å². The largest absolute Gasteiger partial charge is 0.361 e. The predicted molar refractivity (Wildman–Crippen MR) is 78.9 cm³/mol. The van der Waals surface area contributed by atoms with Gasteiger partial charge in [-0.25, -0.2) is 4.98 Å². The highest BCUT2D eigenvalue weighted by Gasteiger charge is 2.19. The Morgan fingerprint density at radius 1 is 1.53 bits per heavy atom. The number of thioether (sulfide) groups is 1. The molecular formula is C11H19N5O2S. The lowest BCUT2D eigenvalue weighted by atomic mass is 10.2. The molecule has 1 aromatic rings. The Bertz CT molecular complexity index is 430. The molecule has 0 amide bonds. The number of hydrogen-bond acceptors (Lipinski definition) is 7. The van der Waals surface area contributed by atoms with E-state index in [0.29, 0.717) is 12.5 Å². The van der Waals surface area contributed by atoms with Crippen LogP contribution in [0, 0.1) is 10.1 Å². The first kappa shape index (κ1) is 15.5. The molecule has 19 heavy (non-hydrogen) atoms. The third-order valence-electron chi connectivity index (χ3n) is 2.50. The summed E-state index contributed by atoms with van der Waals surface area (Å²) in [5, 5.41) is 17.1. The van der Waals surface area contributed by atoms with Gasteiger partial charge in [-0.1, -0.05) is 6.92 Å². The first-order valence-electron chi connectivity index (χ1n) is 6.13. The molecule has 0 saturated heterocycles.